The van der Waals surface area contributed by atoms with Gasteiger partial charge in [-0.1, -0.05) is 0 Å². The zero-order chi connectivity index (χ0) is 11.9. The first-order valence-electron chi connectivity index (χ1n) is 4.40. The molecule has 2 heterocycles. The highest BCUT2D eigenvalue weighted by Gasteiger charge is 2.23. The van der Waals surface area contributed by atoms with Crippen molar-refractivity contribution in [1.82, 2.24) is 14.5 Å². The quantitative estimate of drug-likeness (QED) is 0.465. The average molecular weight is 222 g/mol. The molecule has 0 bridgehead atoms. The van der Waals surface area contributed by atoms with Gasteiger partial charge in [0.25, 0.3) is 5.65 Å². The Bertz CT molecular complexity index is 577. The molecule has 0 saturated heterocycles. The van der Waals surface area contributed by atoms with Crippen molar-refractivity contribution >= 4 is 23.0 Å². The normalized spacial score (nSPS) is 10.6. The number of fused-ring (bicyclic) bond motifs is 1. The van der Waals surface area contributed by atoms with Crippen LogP contribution in [-0.2, 0) is 7.05 Å². The van der Waals surface area contributed by atoms with Crippen LogP contribution in [0, 0.1) is 5.21 Å². The molecule has 0 atom stereocenters. The topological polar surface area (TPSA) is 110 Å². The molecule has 0 aliphatic carbocycles. The number of imidazole rings is 1. The molecule has 0 aliphatic heterocycles. The third-order valence-corrected chi connectivity index (χ3v) is 2.25. The molecule has 16 heavy (non-hydrogen) atoms. The van der Waals surface area contributed by atoms with Gasteiger partial charge in [-0.15, -0.1) is 0 Å². The fraction of sp³-hybridized carbons (Fsp3) is 0.250. The zero-order valence-electron chi connectivity index (χ0n) is 8.59. The Morgan fingerprint density at radius 2 is 2.25 bits per heavy atom. The Hall–Kier alpha value is -2.38. The molecular formula is C8H8N5O3-. The van der Waals surface area contributed by atoms with E-state index in [1.54, 1.807) is 7.05 Å². The highest BCUT2D eigenvalue weighted by atomic mass is 16.5. The van der Waals surface area contributed by atoms with E-state index in [0.29, 0.717) is 0 Å². The predicted octanol–water partition coefficient (Wildman–Crippen LogP) is -1.99. The summed E-state index contributed by atoms with van der Waals surface area (Å²) in [5, 5.41) is 25.2. The minimum atomic E-state index is -1.56. The molecule has 0 aromatic carbocycles. The van der Waals surface area contributed by atoms with Crippen molar-refractivity contribution in [1.29, 1.82) is 0 Å². The molecule has 0 aliphatic rings. The van der Waals surface area contributed by atoms with Gasteiger partial charge in [0.15, 0.2) is 11.8 Å². The lowest BCUT2D eigenvalue weighted by Crippen LogP contribution is -2.40. The lowest BCUT2D eigenvalue weighted by Gasteiger charge is -2.04. The van der Waals surface area contributed by atoms with Crippen molar-refractivity contribution in [3.8, 4) is 0 Å². The second-order valence-electron chi connectivity index (χ2n) is 3.11. The van der Waals surface area contributed by atoms with Gasteiger partial charge in [0, 0.05) is 7.05 Å². The van der Waals surface area contributed by atoms with Crippen molar-refractivity contribution in [2.24, 2.45) is 7.05 Å². The number of nitrogens with one attached hydrogen (secondary N) is 1. The SMILES string of the molecule is CNc1ncnc2c1[n+]([O-])c(C(=O)[O-])n2C. The Morgan fingerprint density at radius 3 is 2.81 bits per heavy atom. The molecule has 2 aromatic heterocycles. The van der Waals surface area contributed by atoms with Crippen molar-refractivity contribution in [3.63, 3.8) is 0 Å². The van der Waals surface area contributed by atoms with E-state index in [1.807, 2.05) is 0 Å². The van der Waals surface area contributed by atoms with E-state index in [9.17, 15) is 15.1 Å². The smallest absolute Gasteiger partial charge is 0.310 e. The second kappa shape index (κ2) is 3.33. The molecule has 0 saturated carbocycles. The molecule has 0 radical (unpaired) electrons. The number of aromatic nitrogens is 4. The van der Waals surface area contributed by atoms with Crippen LogP contribution in [0.4, 0.5) is 5.82 Å². The Morgan fingerprint density at radius 1 is 1.56 bits per heavy atom. The van der Waals surface area contributed by atoms with Crippen LogP contribution >= 0.6 is 0 Å². The Balaban J connectivity index is 2.93. The van der Waals surface area contributed by atoms with E-state index < -0.39 is 11.8 Å². The summed E-state index contributed by atoms with van der Waals surface area (Å²) in [4.78, 5) is 18.5. The van der Waals surface area contributed by atoms with Gasteiger partial charge in [-0.05, 0) is 0 Å². The summed E-state index contributed by atoms with van der Waals surface area (Å²) in [7, 11) is 3.00. The highest BCUT2D eigenvalue weighted by Crippen LogP contribution is 2.16. The lowest BCUT2D eigenvalue weighted by atomic mass is 10.5. The van der Waals surface area contributed by atoms with Crippen LogP contribution in [0.1, 0.15) is 10.6 Å². The van der Waals surface area contributed by atoms with Gasteiger partial charge in [-0.25, -0.2) is 14.3 Å². The largest absolute Gasteiger partial charge is 0.710 e. The maximum absolute atomic E-state index is 11.7. The zero-order valence-corrected chi connectivity index (χ0v) is 8.59. The van der Waals surface area contributed by atoms with Crippen molar-refractivity contribution in [2.45, 2.75) is 0 Å². The van der Waals surface area contributed by atoms with Gasteiger partial charge < -0.3 is 20.4 Å². The van der Waals surface area contributed by atoms with Gasteiger partial charge in [0.05, 0.1) is 7.05 Å². The summed E-state index contributed by atoms with van der Waals surface area (Å²) >= 11 is 0. The molecule has 0 spiro atoms. The van der Waals surface area contributed by atoms with Crippen molar-refractivity contribution < 1.29 is 14.6 Å². The van der Waals surface area contributed by atoms with E-state index >= 15 is 0 Å². The molecule has 0 amide bonds. The number of carboxylic acid groups (broad SMARTS) is 1. The summed E-state index contributed by atoms with van der Waals surface area (Å²) in [6.07, 6.45) is 1.24. The summed E-state index contributed by atoms with van der Waals surface area (Å²) in [5.74, 6) is -1.80. The van der Waals surface area contributed by atoms with Crippen LogP contribution in [0.2, 0.25) is 0 Å². The minimum Gasteiger partial charge on any atom is -0.710 e. The summed E-state index contributed by atoms with van der Waals surface area (Å²) in [6, 6.07) is 0. The Labute approximate surface area is 89.7 Å². The number of carboxylic acids is 1. The molecule has 0 fully saturated rings. The number of carbonyl (C=O) groups excluding carboxylic acids is 1. The first kappa shape index (κ1) is 10.1. The number of carbonyl (C=O) groups is 1. The molecule has 2 rings (SSSR count). The lowest BCUT2D eigenvalue weighted by molar-refractivity contribution is -0.584. The van der Waals surface area contributed by atoms with E-state index in [-0.39, 0.29) is 21.7 Å². The molecular weight excluding hydrogens is 214 g/mol. The molecule has 1 N–H and O–H groups in total. The number of hydrogen-bond acceptors (Lipinski definition) is 6. The Kier molecular flexibility index (Phi) is 2.11. The van der Waals surface area contributed by atoms with Crippen LogP contribution in [0.3, 0.4) is 0 Å². The summed E-state index contributed by atoms with van der Waals surface area (Å²) < 4.78 is 1.40. The van der Waals surface area contributed by atoms with Gasteiger partial charge in [0.2, 0.25) is 5.52 Å². The monoisotopic (exact) mass is 222 g/mol. The number of hydrogen-bond donors (Lipinski definition) is 1. The highest BCUT2D eigenvalue weighted by molar-refractivity contribution is 5.87. The van der Waals surface area contributed by atoms with Gasteiger partial charge in [-0.3, -0.25) is 0 Å². The van der Waals surface area contributed by atoms with E-state index in [1.165, 1.54) is 13.4 Å². The van der Waals surface area contributed by atoms with Crippen LogP contribution in [0.5, 0.6) is 0 Å². The molecule has 8 nitrogen and oxygen atoms in total. The molecule has 2 aromatic rings. The number of aromatic carboxylic acids is 1. The molecule has 84 valence electrons. The standard InChI is InChI=1S/C8H9N5O3/c1-9-5-4-6(11-3-10-5)12(2)7(8(14)15)13(4)16/h3H,1-2H3,(H,14,15)(H,9,10,11)/p-1. The average Bonchev–Trinajstić information content (AvgIpc) is 2.51. The van der Waals surface area contributed by atoms with Crippen LogP contribution in [0.25, 0.3) is 11.2 Å². The third kappa shape index (κ3) is 1.16. The first-order valence-corrected chi connectivity index (χ1v) is 4.40. The third-order valence-electron chi connectivity index (χ3n) is 2.25. The second-order valence-corrected chi connectivity index (χ2v) is 3.11. The van der Waals surface area contributed by atoms with Gasteiger partial charge in [0.1, 0.15) is 6.33 Å². The van der Waals surface area contributed by atoms with Crippen LogP contribution < -0.4 is 15.2 Å². The van der Waals surface area contributed by atoms with Gasteiger partial charge >= 0.3 is 5.82 Å². The van der Waals surface area contributed by atoms with E-state index in [0.717, 1.165) is 4.57 Å². The number of rotatable bonds is 2. The summed E-state index contributed by atoms with van der Waals surface area (Å²) in [5.41, 5.74) is 0.306. The van der Waals surface area contributed by atoms with E-state index in [2.05, 4.69) is 15.3 Å². The fourth-order valence-corrected chi connectivity index (χ4v) is 1.55. The maximum Gasteiger partial charge on any atom is 0.310 e. The first-order chi connectivity index (χ1) is 7.57. The van der Waals surface area contributed by atoms with Gasteiger partial charge in [-0.2, -0.15) is 4.98 Å². The number of anilines is 1. The summed E-state index contributed by atoms with van der Waals surface area (Å²) in [6.45, 7) is 0. The predicted molar refractivity (Wildman–Crippen MR) is 51.3 cm³/mol. The van der Waals surface area contributed by atoms with E-state index in [4.69, 9.17) is 0 Å². The van der Waals surface area contributed by atoms with Crippen molar-refractivity contribution in [2.75, 3.05) is 12.4 Å². The van der Waals surface area contributed by atoms with Crippen molar-refractivity contribution in [3.05, 3.63) is 17.4 Å². The number of nitrogens with zero attached hydrogens (tertiary/aromatic N) is 4. The minimum absolute atomic E-state index is 0.0756. The van der Waals surface area contributed by atoms with Crippen LogP contribution in [0.15, 0.2) is 6.33 Å². The van der Waals surface area contributed by atoms with Crippen LogP contribution in [-0.4, -0.2) is 27.6 Å². The number of aryl methyl sites for hydroxylation is 1. The molecule has 8 heteroatoms. The fourth-order valence-electron chi connectivity index (χ4n) is 1.55. The molecule has 0 unspecified atom stereocenters. The maximum atomic E-state index is 11.7.